The van der Waals surface area contributed by atoms with E-state index in [0.717, 1.165) is 12.0 Å². The molecular formula is C14H28N2. The van der Waals surface area contributed by atoms with Gasteiger partial charge in [0.15, 0.2) is 0 Å². The van der Waals surface area contributed by atoms with Gasteiger partial charge in [0.25, 0.3) is 0 Å². The van der Waals surface area contributed by atoms with E-state index in [1.165, 1.54) is 38.6 Å². The molecule has 2 fully saturated rings. The minimum Gasteiger partial charge on any atom is -0.327 e. The number of nitrogens with two attached hydrogens (primary N) is 1. The summed E-state index contributed by atoms with van der Waals surface area (Å²) in [5, 5.41) is 0. The highest BCUT2D eigenvalue weighted by Crippen LogP contribution is 2.33. The topological polar surface area (TPSA) is 29.3 Å². The van der Waals surface area contributed by atoms with Crippen molar-refractivity contribution >= 4 is 0 Å². The maximum absolute atomic E-state index is 6.17. The molecule has 0 aromatic carbocycles. The zero-order chi connectivity index (χ0) is 11.7. The summed E-state index contributed by atoms with van der Waals surface area (Å²) in [5.74, 6) is 1.54. The van der Waals surface area contributed by atoms with Crippen LogP contribution in [0, 0.1) is 11.8 Å². The number of piperidine rings is 1. The van der Waals surface area contributed by atoms with Crippen molar-refractivity contribution in [3.05, 3.63) is 0 Å². The summed E-state index contributed by atoms with van der Waals surface area (Å²) < 4.78 is 0. The molecule has 0 spiro atoms. The Bertz CT molecular complexity index is 229. The third kappa shape index (κ3) is 2.28. The molecule has 0 radical (unpaired) electrons. The number of hydrogen-bond donors (Lipinski definition) is 1. The first-order valence-electron chi connectivity index (χ1n) is 7.12. The molecule has 1 aliphatic carbocycles. The normalized spacial score (nSPS) is 46.9. The first-order valence-corrected chi connectivity index (χ1v) is 7.12. The fraction of sp³-hybridized carbons (Fsp3) is 1.00. The summed E-state index contributed by atoms with van der Waals surface area (Å²) in [5.41, 5.74) is 6.17. The number of likely N-dealkylation sites (tertiary alicyclic amines) is 1. The van der Waals surface area contributed by atoms with E-state index in [4.69, 9.17) is 5.73 Å². The number of nitrogens with zero attached hydrogens (tertiary/aromatic N) is 1. The Morgan fingerprint density at radius 2 is 1.69 bits per heavy atom. The van der Waals surface area contributed by atoms with Crippen LogP contribution in [0.1, 0.15) is 52.9 Å². The smallest absolute Gasteiger partial charge is 0.0124 e. The van der Waals surface area contributed by atoms with Crippen LogP contribution in [0.25, 0.3) is 0 Å². The third-order valence-electron chi connectivity index (χ3n) is 5.17. The van der Waals surface area contributed by atoms with Gasteiger partial charge in [0.1, 0.15) is 0 Å². The third-order valence-corrected chi connectivity index (χ3v) is 5.17. The van der Waals surface area contributed by atoms with Gasteiger partial charge in [-0.2, -0.15) is 0 Å². The van der Waals surface area contributed by atoms with Gasteiger partial charge in [-0.1, -0.05) is 26.7 Å². The molecule has 94 valence electrons. The molecule has 1 aliphatic heterocycles. The molecular weight excluding hydrogens is 196 g/mol. The molecule has 0 aromatic heterocycles. The van der Waals surface area contributed by atoms with Gasteiger partial charge in [-0.3, -0.25) is 4.90 Å². The highest BCUT2D eigenvalue weighted by Gasteiger charge is 2.36. The lowest BCUT2D eigenvalue weighted by Crippen LogP contribution is -2.56. The summed E-state index contributed by atoms with van der Waals surface area (Å²) in [6, 6.07) is 1.93. The highest BCUT2D eigenvalue weighted by atomic mass is 15.2. The predicted molar refractivity (Wildman–Crippen MR) is 69.3 cm³/mol. The molecule has 2 aliphatic rings. The molecule has 5 unspecified atom stereocenters. The largest absolute Gasteiger partial charge is 0.327 e. The molecule has 2 nitrogen and oxygen atoms in total. The fourth-order valence-corrected chi connectivity index (χ4v) is 3.68. The van der Waals surface area contributed by atoms with E-state index >= 15 is 0 Å². The predicted octanol–water partition coefficient (Wildman–Crippen LogP) is 2.62. The van der Waals surface area contributed by atoms with Gasteiger partial charge in [0.2, 0.25) is 0 Å². The van der Waals surface area contributed by atoms with E-state index in [-0.39, 0.29) is 0 Å². The molecule has 5 atom stereocenters. The standard InChI is InChI=1S/C14H28N2/c1-10-6-4-5-7-14(10)16-9-8-13(15)11(2)12(16)3/h10-14H,4-9,15H2,1-3H3. The minimum absolute atomic E-state index is 0.421. The van der Waals surface area contributed by atoms with Crippen LogP contribution in [0.3, 0.4) is 0 Å². The first-order chi connectivity index (χ1) is 7.61. The Hall–Kier alpha value is -0.0800. The van der Waals surface area contributed by atoms with Crippen LogP contribution in [0.2, 0.25) is 0 Å². The van der Waals surface area contributed by atoms with Gasteiger partial charge in [0.05, 0.1) is 0 Å². The van der Waals surface area contributed by atoms with Crippen molar-refractivity contribution in [3.63, 3.8) is 0 Å². The van der Waals surface area contributed by atoms with E-state index < -0.39 is 0 Å². The molecule has 0 aromatic rings. The quantitative estimate of drug-likeness (QED) is 0.742. The van der Waals surface area contributed by atoms with E-state index in [9.17, 15) is 0 Å². The van der Waals surface area contributed by atoms with Crippen LogP contribution in [-0.2, 0) is 0 Å². The molecule has 2 heteroatoms. The van der Waals surface area contributed by atoms with Gasteiger partial charge >= 0.3 is 0 Å². The van der Waals surface area contributed by atoms with Crippen LogP contribution in [0.4, 0.5) is 0 Å². The van der Waals surface area contributed by atoms with Crippen LogP contribution in [0.15, 0.2) is 0 Å². The molecule has 0 amide bonds. The SMILES string of the molecule is CC1CCCCC1N1CCC(N)C(C)C1C. The lowest BCUT2D eigenvalue weighted by atomic mass is 9.80. The van der Waals surface area contributed by atoms with Crippen molar-refractivity contribution in [1.29, 1.82) is 0 Å². The molecule has 1 saturated heterocycles. The summed E-state index contributed by atoms with van der Waals surface area (Å²) in [4.78, 5) is 2.76. The molecule has 16 heavy (non-hydrogen) atoms. The maximum atomic E-state index is 6.17. The lowest BCUT2D eigenvalue weighted by Gasteiger charge is -2.48. The van der Waals surface area contributed by atoms with Crippen molar-refractivity contribution in [1.82, 2.24) is 4.90 Å². The Labute approximate surface area is 101 Å². The zero-order valence-electron chi connectivity index (χ0n) is 11.2. The van der Waals surface area contributed by atoms with Crippen molar-refractivity contribution in [2.24, 2.45) is 17.6 Å². The molecule has 0 bridgehead atoms. The summed E-state index contributed by atoms with van der Waals surface area (Å²) in [7, 11) is 0. The van der Waals surface area contributed by atoms with E-state index in [0.29, 0.717) is 18.0 Å². The Balaban J connectivity index is 2.02. The molecule has 2 rings (SSSR count). The van der Waals surface area contributed by atoms with Crippen LogP contribution >= 0.6 is 0 Å². The van der Waals surface area contributed by atoms with Crippen LogP contribution in [-0.4, -0.2) is 29.6 Å². The van der Waals surface area contributed by atoms with Crippen molar-refractivity contribution < 1.29 is 0 Å². The Kier molecular flexibility index (Phi) is 3.91. The molecule has 1 heterocycles. The second-order valence-electron chi connectivity index (χ2n) is 6.12. The van der Waals surface area contributed by atoms with Gasteiger partial charge in [-0.05, 0) is 38.0 Å². The van der Waals surface area contributed by atoms with E-state index in [1.54, 1.807) is 0 Å². The summed E-state index contributed by atoms with van der Waals surface area (Å²) in [6.07, 6.45) is 6.89. The summed E-state index contributed by atoms with van der Waals surface area (Å²) in [6.45, 7) is 8.37. The van der Waals surface area contributed by atoms with Gasteiger partial charge in [-0.15, -0.1) is 0 Å². The van der Waals surface area contributed by atoms with Gasteiger partial charge in [-0.25, -0.2) is 0 Å². The average Bonchev–Trinajstić information content (AvgIpc) is 2.28. The number of hydrogen-bond acceptors (Lipinski definition) is 2. The van der Waals surface area contributed by atoms with Gasteiger partial charge < -0.3 is 5.73 Å². The monoisotopic (exact) mass is 224 g/mol. The van der Waals surface area contributed by atoms with Crippen molar-refractivity contribution in [2.75, 3.05) is 6.54 Å². The second kappa shape index (κ2) is 5.05. The van der Waals surface area contributed by atoms with Crippen LogP contribution in [0.5, 0.6) is 0 Å². The average molecular weight is 224 g/mol. The van der Waals surface area contributed by atoms with E-state index in [1.807, 2.05) is 0 Å². The Morgan fingerprint density at radius 1 is 1.00 bits per heavy atom. The number of rotatable bonds is 1. The Morgan fingerprint density at radius 3 is 2.38 bits per heavy atom. The van der Waals surface area contributed by atoms with Crippen molar-refractivity contribution in [2.45, 2.75) is 71.0 Å². The second-order valence-corrected chi connectivity index (χ2v) is 6.12. The van der Waals surface area contributed by atoms with Crippen molar-refractivity contribution in [3.8, 4) is 0 Å². The molecule has 1 saturated carbocycles. The van der Waals surface area contributed by atoms with E-state index in [2.05, 4.69) is 25.7 Å². The van der Waals surface area contributed by atoms with Gasteiger partial charge in [0, 0.05) is 24.7 Å². The van der Waals surface area contributed by atoms with Crippen LogP contribution < -0.4 is 5.73 Å². The lowest BCUT2D eigenvalue weighted by molar-refractivity contribution is 0.0177. The summed E-state index contributed by atoms with van der Waals surface area (Å²) >= 11 is 0. The fourth-order valence-electron chi connectivity index (χ4n) is 3.68. The maximum Gasteiger partial charge on any atom is 0.0124 e. The first kappa shape index (κ1) is 12.4. The zero-order valence-corrected chi connectivity index (χ0v) is 11.2. The molecule has 2 N–H and O–H groups in total. The highest BCUT2D eigenvalue weighted by molar-refractivity contribution is 4.92. The minimum atomic E-state index is 0.421.